The lowest BCUT2D eigenvalue weighted by atomic mass is 10.2. The third-order valence-corrected chi connectivity index (χ3v) is 4.47. The molecule has 3 aromatic rings. The molecule has 1 amide bonds. The van der Waals surface area contributed by atoms with E-state index in [1.807, 2.05) is 31.2 Å². The maximum Gasteiger partial charge on any atom is 0.336 e. The number of aryl methyl sites for hydroxylation is 1. The van der Waals surface area contributed by atoms with Crippen LogP contribution >= 0.6 is 15.9 Å². The van der Waals surface area contributed by atoms with E-state index in [1.54, 1.807) is 30.3 Å². The number of anilines is 1. The average molecular weight is 482 g/mol. The molecule has 7 nitrogen and oxygen atoms in total. The van der Waals surface area contributed by atoms with Crippen molar-refractivity contribution < 1.29 is 18.7 Å². The van der Waals surface area contributed by atoms with Crippen LogP contribution in [0.1, 0.15) is 16.9 Å². The number of hydrogen-bond acceptors (Lipinski definition) is 6. The highest BCUT2D eigenvalue weighted by Gasteiger charge is 2.08. The Bertz CT molecular complexity index is 1110. The van der Waals surface area contributed by atoms with Crippen LogP contribution in [-0.4, -0.2) is 24.6 Å². The minimum Gasteiger partial charge on any atom is -0.465 e. The van der Waals surface area contributed by atoms with E-state index in [2.05, 4.69) is 31.8 Å². The van der Waals surface area contributed by atoms with Gasteiger partial charge in [0.05, 0.1) is 19.0 Å². The van der Waals surface area contributed by atoms with Crippen LogP contribution < -0.4 is 15.5 Å². The van der Waals surface area contributed by atoms with Crippen LogP contribution in [0.2, 0.25) is 0 Å². The van der Waals surface area contributed by atoms with Crippen LogP contribution in [0.4, 0.5) is 5.69 Å². The third kappa shape index (κ3) is 7.27. The average Bonchev–Trinajstić information content (AvgIpc) is 3.26. The molecule has 0 saturated heterocycles. The number of nitrogens with one attached hydrogen (secondary N) is 2. The molecule has 0 aliphatic rings. The molecule has 1 aromatic heterocycles. The smallest absolute Gasteiger partial charge is 0.336 e. The standard InChI is InChI=1S/C23H20BrN3O4/c1-16-4-2-5-19(12-16)25-15-22(28)27-26-14-17-13-18(24)7-9-21(17)31-23(29)10-8-20-6-3-11-30-20/h2-14,25H,15H2,1H3,(H,27,28)/b10-8+,26-14-. The highest BCUT2D eigenvalue weighted by atomic mass is 79.9. The number of nitrogens with zero attached hydrogens (tertiary/aromatic N) is 1. The molecule has 158 valence electrons. The third-order valence-electron chi connectivity index (χ3n) is 3.97. The zero-order valence-electron chi connectivity index (χ0n) is 16.7. The van der Waals surface area contributed by atoms with Gasteiger partial charge in [-0.15, -0.1) is 0 Å². The van der Waals surface area contributed by atoms with E-state index in [0.29, 0.717) is 17.1 Å². The molecule has 0 aliphatic heterocycles. The summed E-state index contributed by atoms with van der Waals surface area (Å²) in [6.07, 6.45) is 5.70. The molecule has 3 rings (SSSR count). The Hall–Kier alpha value is -3.65. The van der Waals surface area contributed by atoms with E-state index in [1.165, 1.54) is 24.6 Å². The second-order valence-corrected chi connectivity index (χ2v) is 7.38. The maximum absolute atomic E-state index is 12.1. The van der Waals surface area contributed by atoms with Crippen molar-refractivity contribution in [3.05, 3.63) is 88.3 Å². The van der Waals surface area contributed by atoms with Crippen molar-refractivity contribution in [3.63, 3.8) is 0 Å². The highest BCUT2D eigenvalue weighted by Crippen LogP contribution is 2.22. The Balaban J connectivity index is 1.57. The van der Waals surface area contributed by atoms with Gasteiger partial charge in [0.15, 0.2) is 0 Å². The summed E-state index contributed by atoms with van der Waals surface area (Å²) in [7, 11) is 0. The van der Waals surface area contributed by atoms with Crippen LogP contribution in [0.5, 0.6) is 5.75 Å². The minimum absolute atomic E-state index is 0.0681. The van der Waals surface area contributed by atoms with Crippen molar-refractivity contribution in [2.24, 2.45) is 5.10 Å². The van der Waals surface area contributed by atoms with E-state index in [0.717, 1.165) is 15.7 Å². The summed E-state index contributed by atoms with van der Waals surface area (Å²) in [6, 6.07) is 16.2. The minimum atomic E-state index is -0.570. The van der Waals surface area contributed by atoms with Gasteiger partial charge in [0.25, 0.3) is 5.91 Å². The predicted octanol–water partition coefficient (Wildman–Crippen LogP) is 4.53. The van der Waals surface area contributed by atoms with Crippen molar-refractivity contribution >= 4 is 45.8 Å². The molecule has 0 aliphatic carbocycles. The van der Waals surface area contributed by atoms with Crippen LogP contribution in [0, 0.1) is 6.92 Å². The second-order valence-electron chi connectivity index (χ2n) is 6.47. The number of carbonyl (C=O) groups excluding carboxylic acids is 2. The number of rotatable bonds is 8. The summed E-state index contributed by atoms with van der Waals surface area (Å²) in [5.41, 5.74) is 4.91. The number of furan rings is 1. The Morgan fingerprint density at radius 2 is 2.03 bits per heavy atom. The molecule has 0 atom stereocenters. The highest BCUT2D eigenvalue weighted by molar-refractivity contribution is 9.10. The van der Waals surface area contributed by atoms with E-state index in [-0.39, 0.29) is 12.5 Å². The van der Waals surface area contributed by atoms with E-state index in [4.69, 9.17) is 9.15 Å². The molecule has 2 aromatic carbocycles. The van der Waals surface area contributed by atoms with Gasteiger partial charge in [-0.1, -0.05) is 28.1 Å². The molecule has 0 spiro atoms. The van der Waals surface area contributed by atoms with Gasteiger partial charge in [0.2, 0.25) is 0 Å². The lowest BCUT2D eigenvalue weighted by molar-refractivity contribution is -0.129. The topological polar surface area (TPSA) is 92.9 Å². The van der Waals surface area contributed by atoms with Crippen LogP contribution in [0.3, 0.4) is 0 Å². The fourth-order valence-electron chi connectivity index (χ4n) is 2.54. The zero-order valence-corrected chi connectivity index (χ0v) is 18.3. The molecule has 0 fully saturated rings. The number of carbonyl (C=O) groups is 2. The second kappa shape index (κ2) is 10.9. The Kier molecular flexibility index (Phi) is 7.78. The molecule has 0 radical (unpaired) electrons. The fraction of sp³-hybridized carbons (Fsp3) is 0.0870. The van der Waals surface area contributed by atoms with Gasteiger partial charge in [-0.2, -0.15) is 5.10 Å². The van der Waals surface area contributed by atoms with E-state index < -0.39 is 5.97 Å². The van der Waals surface area contributed by atoms with Crippen molar-refractivity contribution in [2.75, 3.05) is 11.9 Å². The number of halogens is 1. The lowest BCUT2D eigenvalue weighted by Crippen LogP contribution is -2.25. The van der Waals surface area contributed by atoms with Crippen molar-refractivity contribution in [1.29, 1.82) is 0 Å². The monoisotopic (exact) mass is 481 g/mol. The first-order valence-corrected chi connectivity index (χ1v) is 10.1. The van der Waals surface area contributed by atoms with Gasteiger partial charge in [0, 0.05) is 21.8 Å². The summed E-state index contributed by atoms with van der Waals surface area (Å²) in [5.74, 6) is -0.0443. The molecule has 2 N–H and O–H groups in total. The summed E-state index contributed by atoms with van der Waals surface area (Å²) in [5, 5.41) is 6.99. The maximum atomic E-state index is 12.1. The summed E-state index contributed by atoms with van der Waals surface area (Å²) >= 11 is 3.37. The van der Waals surface area contributed by atoms with Gasteiger partial charge in [0.1, 0.15) is 11.5 Å². The Morgan fingerprint density at radius 3 is 2.81 bits per heavy atom. The first-order chi connectivity index (χ1) is 15.0. The van der Waals surface area contributed by atoms with E-state index in [9.17, 15) is 9.59 Å². The summed E-state index contributed by atoms with van der Waals surface area (Å²) in [6.45, 7) is 2.05. The number of esters is 1. The quantitative estimate of drug-likeness (QED) is 0.162. The summed E-state index contributed by atoms with van der Waals surface area (Å²) in [4.78, 5) is 24.1. The molecule has 8 heteroatoms. The predicted molar refractivity (Wildman–Crippen MR) is 123 cm³/mol. The van der Waals surface area contributed by atoms with Gasteiger partial charge in [-0.3, -0.25) is 4.79 Å². The number of amides is 1. The van der Waals surface area contributed by atoms with Gasteiger partial charge in [-0.05, 0) is 61.0 Å². The molecule has 1 heterocycles. The molecule has 0 saturated carbocycles. The number of hydrazone groups is 1. The normalized spacial score (nSPS) is 11.0. The van der Waals surface area contributed by atoms with Crippen molar-refractivity contribution in [1.82, 2.24) is 5.43 Å². The molecule has 0 unspecified atom stereocenters. The van der Waals surface area contributed by atoms with Crippen molar-refractivity contribution in [3.8, 4) is 5.75 Å². The van der Waals surface area contributed by atoms with Gasteiger partial charge < -0.3 is 14.5 Å². The Morgan fingerprint density at radius 1 is 1.16 bits per heavy atom. The molecule has 31 heavy (non-hydrogen) atoms. The SMILES string of the molecule is Cc1cccc(NCC(=O)N/N=C\c2cc(Br)ccc2OC(=O)/C=C/c2ccco2)c1. The molecular formula is C23H20BrN3O4. The largest absolute Gasteiger partial charge is 0.465 e. The number of ether oxygens (including phenoxy) is 1. The number of benzene rings is 2. The fourth-order valence-corrected chi connectivity index (χ4v) is 2.92. The van der Waals surface area contributed by atoms with Crippen molar-refractivity contribution in [2.45, 2.75) is 6.92 Å². The lowest BCUT2D eigenvalue weighted by Gasteiger charge is -2.07. The first kappa shape index (κ1) is 22.0. The summed E-state index contributed by atoms with van der Waals surface area (Å²) < 4.78 is 11.3. The first-order valence-electron chi connectivity index (χ1n) is 9.35. The van der Waals surface area contributed by atoms with Crippen LogP contribution in [-0.2, 0) is 9.59 Å². The van der Waals surface area contributed by atoms with E-state index >= 15 is 0 Å². The molecular weight excluding hydrogens is 462 g/mol. The Labute approximate surface area is 187 Å². The van der Waals surface area contributed by atoms with Crippen LogP contribution in [0.15, 0.2) is 80.9 Å². The zero-order chi connectivity index (χ0) is 22.1. The molecule has 0 bridgehead atoms. The van der Waals surface area contributed by atoms with Gasteiger partial charge >= 0.3 is 5.97 Å². The van der Waals surface area contributed by atoms with Gasteiger partial charge in [-0.25, -0.2) is 10.2 Å². The number of hydrogen-bond donors (Lipinski definition) is 2. The van der Waals surface area contributed by atoms with Crippen LogP contribution in [0.25, 0.3) is 6.08 Å².